The third-order valence-electron chi connectivity index (χ3n) is 5.90. The lowest BCUT2D eigenvalue weighted by atomic mass is 10.1. The zero-order chi connectivity index (χ0) is 18.1. The smallest absolute Gasteiger partial charge is 0.199 e. The highest BCUT2D eigenvalue weighted by atomic mass is 32.1. The van der Waals surface area contributed by atoms with Gasteiger partial charge in [0.1, 0.15) is 5.82 Å². The van der Waals surface area contributed by atoms with Gasteiger partial charge in [0.2, 0.25) is 0 Å². The average molecular weight is 372 g/mol. The SMILES string of the molecule is Cc1cccc(N2CCN(Cn3nc4n(c3=S)CCCCC4)CC2)c1C. The second kappa shape index (κ2) is 7.53. The second-order valence-electron chi connectivity index (χ2n) is 7.63. The van der Waals surface area contributed by atoms with Crippen molar-refractivity contribution in [2.24, 2.45) is 0 Å². The maximum atomic E-state index is 5.70. The van der Waals surface area contributed by atoms with E-state index < -0.39 is 0 Å². The van der Waals surface area contributed by atoms with Crippen LogP contribution < -0.4 is 4.90 Å². The number of piperazine rings is 1. The third kappa shape index (κ3) is 3.45. The van der Waals surface area contributed by atoms with E-state index in [4.69, 9.17) is 17.3 Å². The Morgan fingerprint density at radius 1 is 1.00 bits per heavy atom. The molecule has 1 aromatic heterocycles. The molecule has 140 valence electrons. The minimum absolute atomic E-state index is 0.819. The van der Waals surface area contributed by atoms with Crippen LogP contribution in [0.3, 0.4) is 0 Å². The molecule has 0 saturated carbocycles. The fraction of sp³-hybridized carbons (Fsp3) is 0.600. The predicted molar refractivity (Wildman–Crippen MR) is 108 cm³/mol. The van der Waals surface area contributed by atoms with Gasteiger partial charge in [-0.25, -0.2) is 4.68 Å². The van der Waals surface area contributed by atoms with E-state index in [2.05, 4.69) is 46.4 Å². The molecule has 0 atom stereocenters. The van der Waals surface area contributed by atoms with Crippen LogP contribution in [0, 0.1) is 18.6 Å². The Hall–Kier alpha value is -1.66. The second-order valence-corrected chi connectivity index (χ2v) is 7.99. The summed E-state index contributed by atoms with van der Waals surface area (Å²) >= 11 is 5.70. The minimum Gasteiger partial charge on any atom is -0.369 e. The first-order chi connectivity index (χ1) is 12.6. The van der Waals surface area contributed by atoms with Crippen LogP contribution in [0.15, 0.2) is 18.2 Å². The maximum absolute atomic E-state index is 5.70. The van der Waals surface area contributed by atoms with Gasteiger partial charge in [-0.2, -0.15) is 5.10 Å². The van der Waals surface area contributed by atoms with Crippen LogP contribution in [0.25, 0.3) is 0 Å². The molecule has 1 aromatic carbocycles. The highest BCUT2D eigenvalue weighted by Crippen LogP contribution is 2.24. The van der Waals surface area contributed by atoms with Gasteiger partial charge in [-0.1, -0.05) is 18.6 Å². The number of rotatable bonds is 3. The number of anilines is 1. The normalized spacial score (nSPS) is 18.6. The van der Waals surface area contributed by atoms with Crippen molar-refractivity contribution in [2.45, 2.75) is 52.7 Å². The van der Waals surface area contributed by atoms with Crippen LogP contribution in [0.2, 0.25) is 0 Å². The van der Waals surface area contributed by atoms with Crippen molar-refractivity contribution in [1.82, 2.24) is 19.2 Å². The molecule has 0 radical (unpaired) electrons. The Morgan fingerprint density at radius 3 is 2.62 bits per heavy atom. The van der Waals surface area contributed by atoms with Gasteiger partial charge in [-0.3, -0.25) is 4.90 Å². The number of nitrogens with zero attached hydrogens (tertiary/aromatic N) is 5. The zero-order valence-corrected chi connectivity index (χ0v) is 16.8. The number of fused-ring (bicyclic) bond motifs is 1. The molecule has 0 N–H and O–H groups in total. The molecule has 0 spiro atoms. The van der Waals surface area contributed by atoms with Crippen LogP contribution in [-0.2, 0) is 19.6 Å². The Balaban J connectivity index is 1.42. The van der Waals surface area contributed by atoms with E-state index in [0.29, 0.717) is 0 Å². The van der Waals surface area contributed by atoms with Gasteiger partial charge < -0.3 is 9.47 Å². The molecule has 0 unspecified atom stereocenters. The zero-order valence-electron chi connectivity index (χ0n) is 15.9. The lowest BCUT2D eigenvalue weighted by molar-refractivity contribution is 0.193. The molecule has 0 aliphatic carbocycles. The van der Waals surface area contributed by atoms with E-state index in [1.54, 1.807) is 0 Å². The summed E-state index contributed by atoms with van der Waals surface area (Å²) in [5.74, 6) is 1.18. The summed E-state index contributed by atoms with van der Waals surface area (Å²) in [6, 6.07) is 6.61. The number of hydrogen-bond acceptors (Lipinski definition) is 4. The average Bonchev–Trinajstić information content (AvgIpc) is 2.82. The van der Waals surface area contributed by atoms with Crippen molar-refractivity contribution >= 4 is 17.9 Å². The van der Waals surface area contributed by atoms with Crippen molar-refractivity contribution in [3.05, 3.63) is 39.9 Å². The molecule has 26 heavy (non-hydrogen) atoms. The van der Waals surface area contributed by atoms with Crippen molar-refractivity contribution in [3.8, 4) is 0 Å². The fourth-order valence-electron chi connectivity index (χ4n) is 4.12. The van der Waals surface area contributed by atoms with E-state index in [0.717, 1.165) is 50.6 Å². The molecule has 6 heteroatoms. The van der Waals surface area contributed by atoms with Crippen molar-refractivity contribution < 1.29 is 0 Å². The van der Waals surface area contributed by atoms with Crippen molar-refractivity contribution in [2.75, 3.05) is 31.1 Å². The van der Waals surface area contributed by atoms with Gasteiger partial charge in [0.05, 0.1) is 6.67 Å². The lowest BCUT2D eigenvalue weighted by Gasteiger charge is -2.36. The molecule has 2 aliphatic rings. The highest BCUT2D eigenvalue weighted by molar-refractivity contribution is 7.71. The highest BCUT2D eigenvalue weighted by Gasteiger charge is 2.21. The monoisotopic (exact) mass is 371 g/mol. The Bertz CT molecular complexity index is 829. The topological polar surface area (TPSA) is 29.2 Å². The van der Waals surface area contributed by atoms with Crippen LogP contribution >= 0.6 is 12.2 Å². The summed E-state index contributed by atoms with van der Waals surface area (Å²) in [4.78, 5) is 4.99. The first-order valence-corrected chi connectivity index (χ1v) is 10.2. The van der Waals surface area contributed by atoms with E-state index in [1.807, 2.05) is 4.68 Å². The molecule has 0 bridgehead atoms. The van der Waals surface area contributed by atoms with Crippen molar-refractivity contribution in [3.63, 3.8) is 0 Å². The molecule has 2 aromatic rings. The molecule has 5 nitrogen and oxygen atoms in total. The third-order valence-corrected chi connectivity index (χ3v) is 6.34. The summed E-state index contributed by atoms with van der Waals surface area (Å²) in [6.45, 7) is 10.5. The van der Waals surface area contributed by atoms with Crippen LogP contribution in [0.1, 0.15) is 36.2 Å². The first-order valence-electron chi connectivity index (χ1n) is 9.83. The van der Waals surface area contributed by atoms with Crippen LogP contribution in [0.4, 0.5) is 5.69 Å². The summed E-state index contributed by atoms with van der Waals surface area (Å²) in [7, 11) is 0. The van der Waals surface area contributed by atoms with Crippen molar-refractivity contribution in [1.29, 1.82) is 0 Å². The number of hydrogen-bond donors (Lipinski definition) is 0. The van der Waals surface area contributed by atoms with E-state index in [9.17, 15) is 0 Å². The quantitative estimate of drug-likeness (QED) is 0.772. The molecular formula is C20H29N5S. The number of benzene rings is 1. The van der Waals surface area contributed by atoms with Gasteiger partial charge in [-0.05, 0) is 56.1 Å². The number of aromatic nitrogens is 3. The maximum Gasteiger partial charge on any atom is 0.199 e. The van der Waals surface area contributed by atoms with E-state index in [1.165, 1.54) is 41.9 Å². The minimum atomic E-state index is 0.819. The Morgan fingerprint density at radius 2 is 1.81 bits per heavy atom. The predicted octanol–water partition coefficient (Wildman–Crippen LogP) is 3.54. The summed E-state index contributed by atoms with van der Waals surface area (Å²) < 4.78 is 5.21. The summed E-state index contributed by atoms with van der Waals surface area (Å²) in [5, 5.41) is 4.83. The number of aryl methyl sites for hydroxylation is 2. The molecule has 4 rings (SSSR count). The van der Waals surface area contributed by atoms with E-state index in [-0.39, 0.29) is 0 Å². The van der Waals surface area contributed by atoms with Gasteiger partial charge in [0.25, 0.3) is 0 Å². The lowest BCUT2D eigenvalue weighted by Crippen LogP contribution is -2.47. The van der Waals surface area contributed by atoms with Gasteiger partial charge in [0, 0.05) is 44.8 Å². The molecular weight excluding hydrogens is 342 g/mol. The molecule has 0 amide bonds. The van der Waals surface area contributed by atoms with Gasteiger partial charge >= 0.3 is 0 Å². The Kier molecular flexibility index (Phi) is 5.14. The molecule has 1 fully saturated rings. The summed E-state index contributed by atoms with van der Waals surface area (Å²) in [6.07, 6.45) is 4.82. The molecule has 2 aliphatic heterocycles. The summed E-state index contributed by atoms with van der Waals surface area (Å²) in [5.41, 5.74) is 4.16. The standard InChI is InChI=1S/C20H29N5S/c1-16-7-6-8-18(17(16)2)23-13-11-22(12-14-23)15-25-20(26)24-10-5-3-4-9-19(24)21-25/h6-8H,3-5,9-15H2,1-2H3. The Labute approximate surface area is 161 Å². The van der Waals surface area contributed by atoms with E-state index >= 15 is 0 Å². The van der Waals surface area contributed by atoms with Crippen LogP contribution in [-0.4, -0.2) is 45.4 Å². The largest absolute Gasteiger partial charge is 0.369 e. The first kappa shape index (κ1) is 17.7. The van der Waals surface area contributed by atoms with Gasteiger partial charge in [0.15, 0.2) is 4.77 Å². The fourth-order valence-corrected chi connectivity index (χ4v) is 4.41. The molecule has 1 saturated heterocycles. The van der Waals surface area contributed by atoms with Gasteiger partial charge in [-0.15, -0.1) is 0 Å². The molecule has 3 heterocycles. The van der Waals surface area contributed by atoms with Crippen LogP contribution in [0.5, 0.6) is 0 Å².